The van der Waals surface area contributed by atoms with E-state index in [0.717, 1.165) is 42.9 Å². The third kappa shape index (κ3) is 10.3. The number of hydrogen-bond donors (Lipinski definition) is 4. The van der Waals surface area contributed by atoms with E-state index in [1.807, 2.05) is 63.2 Å². The number of aliphatic hydroxyl groups is 1. The number of para-hydroxylation sites is 1. The molecule has 2 aromatic carbocycles. The number of carbonyl (C=O) groups is 3. The minimum Gasteiger partial charge on any atom is -0.390 e. The first-order valence-electron chi connectivity index (χ1n) is 17.6. The molecule has 5 rings (SSSR count). The van der Waals surface area contributed by atoms with E-state index < -0.39 is 57.2 Å². The molecule has 0 radical (unpaired) electrons. The van der Waals surface area contributed by atoms with E-state index in [9.17, 15) is 27.9 Å². The number of fused-ring (bicyclic) bond motifs is 2. The summed E-state index contributed by atoms with van der Waals surface area (Å²) in [5.74, 6) is -1.27. The molecule has 1 saturated heterocycles. The zero-order chi connectivity index (χ0) is 36.1. The van der Waals surface area contributed by atoms with Gasteiger partial charge in [-0.3, -0.25) is 19.3 Å². The Morgan fingerprint density at radius 2 is 1.62 bits per heavy atom. The molecule has 3 amide bonds. The van der Waals surface area contributed by atoms with Gasteiger partial charge in [0.05, 0.1) is 29.5 Å². The lowest BCUT2D eigenvalue weighted by Gasteiger charge is -2.47. The molecule has 1 aromatic heterocycles. The van der Waals surface area contributed by atoms with Crippen molar-refractivity contribution < 1.29 is 27.9 Å². The molecule has 3 aromatic rings. The van der Waals surface area contributed by atoms with Crippen LogP contribution in [-0.4, -0.2) is 96.0 Å². The summed E-state index contributed by atoms with van der Waals surface area (Å²) >= 11 is 0. The van der Waals surface area contributed by atoms with E-state index in [0.29, 0.717) is 30.3 Å². The minimum absolute atomic E-state index is 0.0431. The van der Waals surface area contributed by atoms with Crippen LogP contribution in [-0.2, 0) is 25.8 Å². The molecule has 1 saturated carbocycles. The van der Waals surface area contributed by atoms with Crippen LogP contribution in [0.4, 0.5) is 0 Å². The monoisotopic (exact) mass is 705 g/mol. The topological polar surface area (TPSA) is 158 Å². The highest BCUT2D eigenvalue weighted by Gasteiger charge is 2.42. The molecule has 0 bridgehead atoms. The second-order valence-electron chi connectivity index (χ2n) is 15.1. The Morgan fingerprint density at radius 1 is 0.940 bits per heavy atom. The van der Waals surface area contributed by atoms with Crippen LogP contribution in [0.15, 0.2) is 66.7 Å². The summed E-state index contributed by atoms with van der Waals surface area (Å²) in [4.78, 5) is 47.3. The van der Waals surface area contributed by atoms with Gasteiger partial charge in [-0.05, 0) is 69.6 Å². The van der Waals surface area contributed by atoms with Gasteiger partial charge in [-0.15, -0.1) is 0 Å². The highest BCUT2D eigenvalue weighted by Crippen LogP contribution is 2.39. The molecular formula is C38H51N5O6S. The van der Waals surface area contributed by atoms with Gasteiger partial charge in [0.2, 0.25) is 11.8 Å². The van der Waals surface area contributed by atoms with E-state index in [2.05, 4.69) is 25.8 Å². The van der Waals surface area contributed by atoms with Crippen molar-refractivity contribution in [1.82, 2.24) is 25.8 Å². The molecule has 2 heterocycles. The van der Waals surface area contributed by atoms with Gasteiger partial charge in [-0.25, -0.2) is 13.4 Å². The summed E-state index contributed by atoms with van der Waals surface area (Å²) in [5, 5.41) is 21.3. The average Bonchev–Trinajstić information content (AvgIpc) is 3.06. The number of likely N-dealkylation sites (tertiary alicyclic amines) is 1. The van der Waals surface area contributed by atoms with Crippen molar-refractivity contribution in [3.05, 3.63) is 78.0 Å². The molecule has 50 heavy (non-hydrogen) atoms. The van der Waals surface area contributed by atoms with Crippen LogP contribution in [0.5, 0.6) is 0 Å². The summed E-state index contributed by atoms with van der Waals surface area (Å²) in [7, 11) is -3.72. The maximum absolute atomic E-state index is 13.9. The minimum atomic E-state index is -3.72. The van der Waals surface area contributed by atoms with Gasteiger partial charge in [-0.1, -0.05) is 73.9 Å². The van der Waals surface area contributed by atoms with Gasteiger partial charge >= 0.3 is 0 Å². The van der Waals surface area contributed by atoms with Crippen LogP contribution >= 0.6 is 0 Å². The number of pyridine rings is 1. The molecule has 1 aliphatic heterocycles. The van der Waals surface area contributed by atoms with Crippen molar-refractivity contribution in [3.8, 4) is 0 Å². The normalized spacial score (nSPS) is 21.7. The molecule has 0 spiro atoms. The largest absolute Gasteiger partial charge is 0.390 e. The Morgan fingerprint density at radius 3 is 2.32 bits per heavy atom. The van der Waals surface area contributed by atoms with Gasteiger partial charge in [0.25, 0.3) is 5.91 Å². The third-order valence-electron chi connectivity index (χ3n) is 9.74. The molecule has 270 valence electrons. The highest BCUT2D eigenvalue weighted by atomic mass is 32.2. The van der Waals surface area contributed by atoms with Crippen LogP contribution in [0, 0.1) is 11.8 Å². The predicted molar refractivity (Wildman–Crippen MR) is 194 cm³/mol. The molecule has 0 unspecified atom stereocenters. The van der Waals surface area contributed by atoms with Crippen LogP contribution in [0.2, 0.25) is 0 Å². The fraction of sp³-hybridized carbons (Fsp3) is 0.526. The SMILES string of the molecule is CC(C)(C)NC(=O)[C@@H]1C[C@@H]2CCCC[C@@H]2CN1C[C@@H](O)[C@H](Cc1ccccc1)NC(=O)[C@H](CS(C)(=O)=O)NC(=O)c1ccc2ccccc2n1. The highest BCUT2D eigenvalue weighted by molar-refractivity contribution is 7.90. The predicted octanol–water partition coefficient (Wildman–Crippen LogP) is 3.26. The van der Waals surface area contributed by atoms with Crippen molar-refractivity contribution in [2.45, 2.75) is 89.1 Å². The third-order valence-corrected chi connectivity index (χ3v) is 10.7. The maximum Gasteiger partial charge on any atom is 0.270 e. The van der Waals surface area contributed by atoms with Crippen LogP contribution in [0.1, 0.15) is 68.9 Å². The summed E-state index contributed by atoms with van der Waals surface area (Å²) < 4.78 is 25.0. The Labute approximate surface area is 295 Å². The van der Waals surface area contributed by atoms with E-state index in [-0.39, 0.29) is 24.6 Å². The van der Waals surface area contributed by atoms with Gasteiger partial charge in [0, 0.05) is 30.3 Å². The number of piperidine rings is 1. The van der Waals surface area contributed by atoms with Gasteiger partial charge < -0.3 is 21.1 Å². The number of β-amino-alcohol motifs (C(OH)–C–C–N with tert-alkyl or cyclic N) is 1. The van der Waals surface area contributed by atoms with Crippen molar-refractivity contribution in [2.75, 3.05) is 25.1 Å². The number of carbonyl (C=O) groups excluding carboxylic acids is 3. The zero-order valence-corrected chi connectivity index (χ0v) is 30.3. The Balaban J connectivity index is 1.37. The first kappa shape index (κ1) is 37.4. The van der Waals surface area contributed by atoms with Crippen molar-refractivity contribution in [3.63, 3.8) is 0 Å². The van der Waals surface area contributed by atoms with E-state index in [1.165, 1.54) is 6.07 Å². The average molecular weight is 706 g/mol. The number of aromatic nitrogens is 1. The number of benzene rings is 2. The molecule has 6 atom stereocenters. The Hall–Kier alpha value is -3.87. The zero-order valence-electron chi connectivity index (χ0n) is 29.5. The quantitative estimate of drug-likeness (QED) is 0.224. The number of hydrogen-bond acceptors (Lipinski definition) is 8. The van der Waals surface area contributed by atoms with Gasteiger partial charge in [0.15, 0.2) is 0 Å². The fourth-order valence-corrected chi connectivity index (χ4v) is 8.18. The Kier molecular flexibility index (Phi) is 12.0. The number of nitrogens with one attached hydrogen (secondary N) is 3. The number of sulfone groups is 1. The molecular weight excluding hydrogens is 655 g/mol. The van der Waals surface area contributed by atoms with Crippen molar-refractivity contribution in [2.24, 2.45) is 11.8 Å². The van der Waals surface area contributed by atoms with Gasteiger partial charge in [0.1, 0.15) is 21.6 Å². The fourth-order valence-electron chi connectivity index (χ4n) is 7.34. The lowest BCUT2D eigenvalue weighted by atomic mass is 9.72. The summed E-state index contributed by atoms with van der Waals surface area (Å²) in [6.07, 6.45) is 5.32. The first-order valence-corrected chi connectivity index (χ1v) is 19.6. The standard InChI is InChI=1S/C38H51N5O6S/c1-38(2,3)42-37(47)33-21-27-15-8-9-16-28(27)22-43(33)23-34(44)31(20-25-12-6-5-7-13-25)40-36(46)32(24-50(4,48)49)41-35(45)30-19-18-26-14-10-11-17-29(26)39-30/h5-7,10-14,17-19,27-28,31-34,44H,8-9,15-16,20-24H2,1-4H3,(H,40,46)(H,41,45)(H,42,47)/t27-,28+,31-,32-,33-,34+/m0/s1. The molecule has 2 fully saturated rings. The van der Waals surface area contributed by atoms with Crippen molar-refractivity contribution >= 4 is 38.5 Å². The number of rotatable bonds is 12. The molecule has 4 N–H and O–H groups in total. The molecule has 1 aliphatic carbocycles. The maximum atomic E-state index is 13.9. The lowest BCUT2D eigenvalue weighted by molar-refractivity contribution is -0.133. The summed E-state index contributed by atoms with van der Waals surface area (Å²) in [6, 6.07) is 17.2. The number of nitrogens with zero attached hydrogens (tertiary/aromatic N) is 2. The second-order valence-corrected chi connectivity index (χ2v) is 17.3. The van der Waals surface area contributed by atoms with Gasteiger partial charge in [-0.2, -0.15) is 0 Å². The van der Waals surface area contributed by atoms with E-state index in [4.69, 9.17) is 0 Å². The second kappa shape index (κ2) is 16.0. The van der Waals surface area contributed by atoms with E-state index >= 15 is 0 Å². The molecule has 12 heteroatoms. The van der Waals surface area contributed by atoms with E-state index in [1.54, 1.807) is 18.2 Å². The molecule has 2 aliphatic rings. The molecule has 11 nitrogen and oxygen atoms in total. The van der Waals surface area contributed by atoms with Crippen LogP contribution in [0.3, 0.4) is 0 Å². The van der Waals surface area contributed by atoms with Crippen LogP contribution < -0.4 is 16.0 Å². The van der Waals surface area contributed by atoms with Crippen LogP contribution in [0.25, 0.3) is 10.9 Å². The summed E-state index contributed by atoms with van der Waals surface area (Å²) in [6.45, 7) is 6.64. The smallest absolute Gasteiger partial charge is 0.270 e. The summed E-state index contributed by atoms with van der Waals surface area (Å²) in [5.41, 5.74) is 1.06. The Bertz CT molecular complexity index is 1760. The number of amides is 3. The van der Waals surface area contributed by atoms with Crippen molar-refractivity contribution in [1.29, 1.82) is 0 Å². The lowest BCUT2D eigenvalue weighted by Crippen LogP contribution is -2.61. The number of aliphatic hydroxyl groups excluding tert-OH is 1. The first-order chi connectivity index (χ1) is 23.6.